The molecule has 1 aromatic rings. The second-order valence-electron chi connectivity index (χ2n) is 7.09. The molecule has 5 nitrogen and oxygen atoms in total. The van der Waals surface area contributed by atoms with E-state index in [0.717, 1.165) is 31.5 Å². The minimum atomic E-state index is -0.686. The topological polar surface area (TPSA) is 70.6 Å². The van der Waals surface area contributed by atoms with Crippen molar-refractivity contribution in [2.75, 3.05) is 18.4 Å². The first-order valence-corrected chi connectivity index (χ1v) is 8.26. The number of carbonyl (C=O) groups excluding carboxylic acids is 1. The lowest BCUT2D eigenvalue weighted by Gasteiger charge is -2.32. The van der Waals surface area contributed by atoms with Gasteiger partial charge in [-0.2, -0.15) is 0 Å². The summed E-state index contributed by atoms with van der Waals surface area (Å²) in [6.45, 7) is 7.05. The van der Waals surface area contributed by atoms with Crippen LogP contribution in [-0.2, 0) is 11.2 Å². The van der Waals surface area contributed by atoms with Crippen molar-refractivity contribution in [2.45, 2.75) is 51.2 Å². The van der Waals surface area contributed by atoms with E-state index in [9.17, 15) is 9.90 Å². The molecule has 0 unspecified atom stereocenters. The van der Waals surface area contributed by atoms with Crippen LogP contribution >= 0.6 is 11.6 Å². The molecule has 1 aromatic carbocycles. The Morgan fingerprint density at radius 2 is 2.04 bits per heavy atom. The van der Waals surface area contributed by atoms with Crippen LogP contribution in [0.4, 0.5) is 10.5 Å². The lowest BCUT2D eigenvalue weighted by atomic mass is 9.86. The van der Waals surface area contributed by atoms with E-state index in [1.165, 1.54) is 0 Å². The van der Waals surface area contributed by atoms with Gasteiger partial charge in [0.1, 0.15) is 5.60 Å². The molecule has 6 heteroatoms. The zero-order valence-corrected chi connectivity index (χ0v) is 14.7. The summed E-state index contributed by atoms with van der Waals surface area (Å²) in [5.41, 5.74) is 0.208. The lowest BCUT2D eigenvalue weighted by Crippen LogP contribution is -2.43. The van der Waals surface area contributed by atoms with Crippen molar-refractivity contribution in [3.05, 3.63) is 28.8 Å². The normalized spacial score (nSPS) is 17.6. The Balaban J connectivity index is 2.01. The van der Waals surface area contributed by atoms with E-state index >= 15 is 0 Å². The highest BCUT2D eigenvalue weighted by Crippen LogP contribution is 2.28. The van der Waals surface area contributed by atoms with Crippen molar-refractivity contribution < 1.29 is 14.6 Å². The molecule has 0 saturated carbocycles. The predicted octanol–water partition coefficient (Wildman–Crippen LogP) is 3.34. The van der Waals surface area contributed by atoms with Crippen molar-refractivity contribution in [1.82, 2.24) is 5.32 Å². The molecule has 128 valence electrons. The first-order valence-electron chi connectivity index (χ1n) is 7.88. The van der Waals surface area contributed by atoms with Gasteiger partial charge in [0.15, 0.2) is 0 Å². The molecule has 0 aliphatic carbocycles. The average molecular weight is 341 g/mol. The van der Waals surface area contributed by atoms with Gasteiger partial charge in [-0.1, -0.05) is 17.7 Å². The standard InChI is InChI=1S/C17H25ClN2O3/c1-16(2,3)23-15(21)20-14-5-4-12(10-13(14)18)11-17(22)6-8-19-9-7-17/h4-5,10,19,22H,6-9,11H2,1-3H3,(H,20,21). The second-order valence-corrected chi connectivity index (χ2v) is 7.50. The van der Waals surface area contributed by atoms with Crippen molar-refractivity contribution in [3.8, 4) is 0 Å². The second kappa shape index (κ2) is 7.07. The number of nitrogens with one attached hydrogen (secondary N) is 2. The van der Waals surface area contributed by atoms with Gasteiger partial charge in [-0.25, -0.2) is 4.79 Å². The van der Waals surface area contributed by atoms with E-state index in [0.29, 0.717) is 17.1 Å². The van der Waals surface area contributed by atoms with Gasteiger partial charge >= 0.3 is 6.09 Å². The van der Waals surface area contributed by atoms with Crippen LogP contribution in [-0.4, -0.2) is 35.5 Å². The van der Waals surface area contributed by atoms with Gasteiger partial charge in [0.2, 0.25) is 0 Å². The maximum absolute atomic E-state index is 11.8. The number of piperidine rings is 1. The van der Waals surface area contributed by atoms with Gasteiger partial charge in [0.05, 0.1) is 16.3 Å². The Bertz CT molecular complexity index is 563. The number of aliphatic hydroxyl groups is 1. The fourth-order valence-corrected chi connectivity index (χ4v) is 2.88. The van der Waals surface area contributed by atoms with Crippen LogP contribution in [0, 0.1) is 0 Å². The Morgan fingerprint density at radius 1 is 1.39 bits per heavy atom. The number of rotatable bonds is 3. The van der Waals surface area contributed by atoms with Gasteiger partial charge < -0.3 is 15.2 Å². The molecule has 1 aliphatic heterocycles. The lowest BCUT2D eigenvalue weighted by molar-refractivity contribution is 0.0108. The monoisotopic (exact) mass is 340 g/mol. The van der Waals surface area contributed by atoms with Gasteiger partial charge in [-0.3, -0.25) is 5.32 Å². The van der Waals surface area contributed by atoms with Crippen molar-refractivity contribution in [1.29, 1.82) is 0 Å². The molecule has 1 fully saturated rings. The number of ether oxygens (including phenoxy) is 1. The molecule has 0 aromatic heterocycles. The average Bonchev–Trinajstić information content (AvgIpc) is 2.40. The minimum Gasteiger partial charge on any atom is -0.444 e. The third-order valence-electron chi connectivity index (χ3n) is 3.74. The van der Waals surface area contributed by atoms with Crippen LogP contribution in [0.3, 0.4) is 0 Å². The van der Waals surface area contributed by atoms with E-state index in [2.05, 4.69) is 10.6 Å². The molecule has 3 N–H and O–H groups in total. The molecule has 1 heterocycles. The molecule has 23 heavy (non-hydrogen) atoms. The van der Waals surface area contributed by atoms with Gasteiger partial charge in [0, 0.05) is 6.42 Å². The minimum absolute atomic E-state index is 0.436. The SMILES string of the molecule is CC(C)(C)OC(=O)Nc1ccc(CC2(O)CCNCC2)cc1Cl. The summed E-state index contributed by atoms with van der Waals surface area (Å²) in [6, 6.07) is 5.40. The number of hydrogen-bond donors (Lipinski definition) is 3. The van der Waals surface area contributed by atoms with Crippen molar-refractivity contribution >= 4 is 23.4 Å². The van der Waals surface area contributed by atoms with E-state index in [4.69, 9.17) is 16.3 Å². The van der Waals surface area contributed by atoms with Crippen molar-refractivity contribution in [2.24, 2.45) is 0 Å². The molecule has 0 spiro atoms. The molecule has 1 saturated heterocycles. The molecular weight excluding hydrogens is 316 g/mol. The van der Waals surface area contributed by atoms with Crippen LogP contribution in [0.2, 0.25) is 5.02 Å². The Labute approximate surface area is 142 Å². The molecule has 0 bridgehead atoms. The number of amides is 1. The largest absolute Gasteiger partial charge is 0.444 e. The smallest absolute Gasteiger partial charge is 0.412 e. The Hall–Kier alpha value is -1.30. The van der Waals surface area contributed by atoms with Gasteiger partial charge in [-0.15, -0.1) is 0 Å². The summed E-state index contributed by atoms with van der Waals surface area (Å²) in [5.74, 6) is 0. The summed E-state index contributed by atoms with van der Waals surface area (Å²) in [7, 11) is 0. The third kappa shape index (κ3) is 5.68. The summed E-state index contributed by atoms with van der Waals surface area (Å²) < 4.78 is 5.21. The van der Waals surface area contributed by atoms with Crippen LogP contribution in [0.15, 0.2) is 18.2 Å². The summed E-state index contributed by atoms with van der Waals surface area (Å²) in [4.78, 5) is 11.8. The Kier molecular flexibility index (Phi) is 5.55. The van der Waals surface area contributed by atoms with E-state index in [-0.39, 0.29) is 0 Å². The van der Waals surface area contributed by atoms with Crippen LogP contribution in [0.25, 0.3) is 0 Å². The quantitative estimate of drug-likeness (QED) is 0.789. The highest BCUT2D eigenvalue weighted by molar-refractivity contribution is 6.33. The van der Waals surface area contributed by atoms with E-state index in [1.54, 1.807) is 32.9 Å². The molecule has 0 radical (unpaired) electrons. The summed E-state index contributed by atoms with van der Waals surface area (Å²) in [6.07, 6.45) is 1.47. The molecule has 1 amide bonds. The number of hydrogen-bond acceptors (Lipinski definition) is 4. The predicted molar refractivity (Wildman–Crippen MR) is 92.1 cm³/mol. The first kappa shape index (κ1) is 18.0. The zero-order chi connectivity index (χ0) is 17.1. The maximum atomic E-state index is 11.8. The highest BCUT2D eigenvalue weighted by Gasteiger charge is 2.29. The first-order chi connectivity index (χ1) is 10.7. The highest BCUT2D eigenvalue weighted by atomic mass is 35.5. The third-order valence-corrected chi connectivity index (χ3v) is 4.05. The molecule has 2 rings (SSSR count). The van der Waals surface area contributed by atoms with E-state index in [1.807, 2.05) is 6.07 Å². The van der Waals surface area contributed by atoms with Gasteiger partial charge in [0.25, 0.3) is 0 Å². The molecular formula is C17H25ClN2O3. The van der Waals surface area contributed by atoms with Crippen LogP contribution < -0.4 is 10.6 Å². The summed E-state index contributed by atoms with van der Waals surface area (Å²) in [5, 5.41) is 16.9. The molecule has 1 aliphatic rings. The van der Waals surface area contributed by atoms with Gasteiger partial charge in [-0.05, 0) is 64.4 Å². The van der Waals surface area contributed by atoms with Crippen LogP contribution in [0.1, 0.15) is 39.2 Å². The Morgan fingerprint density at radius 3 is 2.61 bits per heavy atom. The summed E-state index contributed by atoms with van der Waals surface area (Å²) >= 11 is 6.24. The van der Waals surface area contributed by atoms with Crippen LogP contribution in [0.5, 0.6) is 0 Å². The zero-order valence-electron chi connectivity index (χ0n) is 13.9. The fraction of sp³-hybridized carbons (Fsp3) is 0.588. The van der Waals surface area contributed by atoms with Crippen molar-refractivity contribution in [3.63, 3.8) is 0 Å². The number of benzene rings is 1. The maximum Gasteiger partial charge on any atom is 0.412 e. The fourth-order valence-electron chi connectivity index (χ4n) is 2.63. The molecule has 0 atom stereocenters. The van der Waals surface area contributed by atoms with E-state index < -0.39 is 17.3 Å². The number of halogens is 1. The number of anilines is 1. The number of carbonyl (C=O) groups is 1.